The molecule has 3 aromatic rings. The molecule has 1 atom stereocenters. The minimum Gasteiger partial charge on any atom is -0.474 e. The molecule has 0 aliphatic carbocycles. The Balaban J connectivity index is 1.60. The molecule has 0 saturated carbocycles. The number of hydrazone groups is 1. The molecular formula is C23H17Cl2N3O6. The van der Waals surface area contributed by atoms with Crippen molar-refractivity contribution < 1.29 is 24.0 Å². The Bertz CT molecular complexity index is 1260. The molecule has 0 spiro atoms. The number of hydrogen-bond acceptors (Lipinski definition) is 7. The minimum absolute atomic E-state index is 0.0329. The van der Waals surface area contributed by atoms with E-state index in [1.165, 1.54) is 55.6 Å². The van der Waals surface area contributed by atoms with Crippen molar-refractivity contribution in [3.05, 3.63) is 98.0 Å². The van der Waals surface area contributed by atoms with Gasteiger partial charge in [0.1, 0.15) is 5.75 Å². The number of hydrogen-bond donors (Lipinski definition) is 1. The summed E-state index contributed by atoms with van der Waals surface area (Å²) < 4.78 is 10.7. The van der Waals surface area contributed by atoms with Crippen molar-refractivity contribution in [3.8, 4) is 11.5 Å². The maximum absolute atomic E-state index is 12.4. The smallest absolute Gasteiger partial charge is 0.345 e. The van der Waals surface area contributed by atoms with Crippen LogP contribution < -0.4 is 14.9 Å². The molecule has 1 N–H and O–H groups in total. The third-order valence-electron chi connectivity index (χ3n) is 4.34. The number of carbonyl (C=O) groups excluding carboxylic acids is 2. The molecule has 174 valence electrons. The number of nitro benzene ring substituents is 1. The predicted octanol–water partition coefficient (Wildman–Crippen LogP) is 5.04. The lowest BCUT2D eigenvalue weighted by molar-refractivity contribution is -0.386. The van der Waals surface area contributed by atoms with Crippen LogP contribution in [-0.4, -0.2) is 29.1 Å². The summed E-state index contributed by atoms with van der Waals surface area (Å²) in [6, 6.07) is 16.6. The second-order valence-corrected chi connectivity index (χ2v) is 7.65. The van der Waals surface area contributed by atoms with E-state index in [1.807, 2.05) is 0 Å². The summed E-state index contributed by atoms with van der Waals surface area (Å²) in [5.74, 6) is -1.08. The highest BCUT2D eigenvalue weighted by Gasteiger charge is 2.20. The van der Waals surface area contributed by atoms with E-state index >= 15 is 0 Å². The van der Waals surface area contributed by atoms with Gasteiger partial charge in [0.05, 0.1) is 21.7 Å². The molecule has 1 amide bonds. The third kappa shape index (κ3) is 6.53. The number of nitro groups is 1. The molecule has 9 nitrogen and oxygen atoms in total. The Morgan fingerprint density at radius 1 is 1.09 bits per heavy atom. The summed E-state index contributed by atoms with van der Waals surface area (Å²) in [5.41, 5.74) is 2.73. The molecule has 0 fully saturated rings. The summed E-state index contributed by atoms with van der Waals surface area (Å²) in [4.78, 5) is 35.1. The fourth-order valence-corrected chi connectivity index (χ4v) is 3.17. The van der Waals surface area contributed by atoms with Gasteiger partial charge in [0.15, 0.2) is 11.9 Å². The number of amides is 1. The van der Waals surface area contributed by atoms with Crippen LogP contribution >= 0.6 is 23.2 Å². The average Bonchev–Trinajstić information content (AvgIpc) is 2.79. The van der Waals surface area contributed by atoms with Crippen molar-refractivity contribution in [2.75, 3.05) is 0 Å². The molecule has 0 aliphatic rings. The van der Waals surface area contributed by atoms with E-state index in [9.17, 15) is 19.7 Å². The molecule has 1 unspecified atom stereocenters. The first-order chi connectivity index (χ1) is 16.2. The zero-order valence-corrected chi connectivity index (χ0v) is 19.1. The Kier molecular flexibility index (Phi) is 8.18. The monoisotopic (exact) mass is 501 g/mol. The van der Waals surface area contributed by atoms with Gasteiger partial charge in [0.25, 0.3) is 5.91 Å². The van der Waals surface area contributed by atoms with Crippen molar-refractivity contribution in [1.29, 1.82) is 0 Å². The second-order valence-electron chi connectivity index (χ2n) is 6.81. The van der Waals surface area contributed by atoms with Crippen molar-refractivity contribution in [2.24, 2.45) is 5.10 Å². The van der Waals surface area contributed by atoms with Crippen LogP contribution in [0.25, 0.3) is 0 Å². The number of ether oxygens (including phenoxy) is 2. The molecule has 34 heavy (non-hydrogen) atoms. The van der Waals surface area contributed by atoms with E-state index in [2.05, 4.69) is 10.5 Å². The standard InChI is InChI=1S/C23H17Cl2N3O6/c1-14(33-21-8-3-2-7-20(21)28(31)32)22(29)27-26-13-15-5-4-6-17(11-15)34-23(30)18-10-9-16(24)12-19(18)25/h2-14H,1H3,(H,27,29)/b26-13+. The highest BCUT2D eigenvalue weighted by atomic mass is 35.5. The minimum atomic E-state index is -1.05. The summed E-state index contributed by atoms with van der Waals surface area (Å²) in [7, 11) is 0. The lowest BCUT2D eigenvalue weighted by atomic mass is 10.2. The summed E-state index contributed by atoms with van der Waals surface area (Å²) in [6.45, 7) is 1.43. The quantitative estimate of drug-likeness (QED) is 0.152. The molecule has 0 heterocycles. The van der Waals surface area contributed by atoms with E-state index in [0.29, 0.717) is 10.6 Å². The number of halogens is 2. The number of nitrogens with zero attached hydrogens (tertiary/aromatic N) is 2. The molecule has 3 aromatic carbocycles. The number of para-hydroxylation sites is 2. The number of esters is 1. The fraction of sp³-hybridized carbons (Fsp3) is 0.0870. The first-order valence-electron chi connectivity index (χ1n) is 9.75. The molecule has 0 saturated heterocycles. The second kappa shape index (κ2) is 11.3. The summed E-state index contributed by atoms with van der Waals surface area (Å²) in [6.07, 6.45) is 0.289. The number of nitrogens with one attached hydrogen (secondary N) is 1. The lowest BCUT2D eigenvalue weighted by Gasteiger charge is -2.12. The third-order valence-corrected chi connectivity index (χ3v) is 4.89. The van der Waals surface area contributed by atoms with Crippen molar-refractivity contribution in [1.82, 2.24) is 5.43 Å². The van der Waals surface area contributed by atoms with Gasteiger partial charge < -0.3 is 9.47 Å². The average molecular weight is 502 g/mol. The van der Waals surface area contributed by atoms with Crippen LogP contribution in [0.15, 0.2) is 71.8 Å². The van der Waals surface area contributed by atoms with Crippen LogP contribution in [0, 0.1) is 10.1 Å². The maximum Gasteiger partial charge on any atom is 0.345 e. The largest absolute Gasteiger partial charge is 0.474 e. The van der Waals surface area contributed by atoms with Crippen LogP contribution in [0.5, 0.6) is 11.5 Å². The normalized spacial score (nSPS) is 11.6. The molecule has 0 aromatic heterocycles. The topological polar surface area (TPSA) is 120 Å². The van der Waals surface area contributed by atoms with Gasteiger partial charge in [0, 0.05) is 11.1 Å². The van der Waals surface area contributed by atoms with Crippen LogP contribution in [0.1, 0.15) is 22.8 Å². The van der Waals surface area contributed by atoms with E-state index in [0.717, 1.165) is 0 Å². The van der Waals surface area contributed by atoms with Crippen molar-refractivity contribution in [2.45, 2.75) is 13.0 Å². The molecule has 0 aliphatic heterocycles. The number of rotatable bonds is 8. The number of carbonyl (C=O) groups is 2. The zero-order chi connectivity index (χ0) is 24.7. The number of benzene rings is 3. The van der Waals surface area contributed by atoms with Crippen molar-refractivity contribution in [3.63, 3.8) is 0 Å². The van der Waals surface area contributed by atoms with Crippen LogP contribution in [0.2, 0.25) is 10.0 Å². The predicted molar refractivity (Wildman–Crippen MR) is 127 cm³/mol. The van der Waals surface area contributed by atoms with Crippen molar-refractivity contribution >= 4 is 47.0 Å². The Morgan fingerprint density at radius 2 is 1.85 bits per heavy atom. The van der Waals surface area contributed by atoms with E-state index in [4.69, 9.17) is 32.7 Å². The summed E-state index contributed by atoms with van der Waals surface area (Å²) in [5, 5.41) is 15.5. The fourth-order valence-electron chi connectivity index (χ4n) is 2.69. The van der Waals surface area contributed by atoms with Gasteiger partial charge >= 0.3 is 11.7 Å². The Labute approximate surface area is 204 Å². The lowest BCUT2D eigenvalue weighted by Crippen LogP contribution is -2.33. The van der Waals surface area contributed by atoms with Gasteiger partial charge in [0.2, 0.25) is 0 Å². The summed E-state index contributed by atoms with van der Waals surface area (Å²) >= 11 is 11.9. The molecule has 0 bridgehead atoms. The highest BCUT2D eigenvalue weighted by molar-refractivity contribution is 6.36. The van der Waals surface area contributed by atoms with E-state index in [-0.39, 0.29) is 27.8 Å². The Hall–Kier alpha value is -3.95. The van der Waals surface area contributed by atoms with Crippen LogP contribution in [0.3, 0.4) is 0 Å². The SMILES string of the molecule is CC(Oc1ccccc1[N+](=O)[O-])C(=O)N/N=C/c1cccc(OC(=O)c2ccc(Cl)cc2Cl)c1. The van der Waals surface area contributed by atoms with Gasteiger partial charge in [-0.1, -0.05) is 47.5 Å². The van der Waals surface area contributed by atoms with E-state index < -0.39 is 22.9 Å². The molecular weight excluding hydrogens is 485 g/mol. The molecule has 0 radical (unpaired) electrons. The maximum atomic E-state index is 12.4. The van der Waals surface area contributed by atoms with Gasteiger partial charge in [-0.2, -0.15) is 5.10 Å². The molecule has 3 rings (SSSR count). The Morgan fingerprint density at radius 3 is 2.59 bits per heavy atom. The van der Waals surface area contributed by atoms with Gasteiger partial charge in [-0.3, -0.25) is 14.9 Å². The van der Waals surface area contributed by atoms with Gasteiger partial charge in [-0.05, 0) is 48.9 Å². The van der Waals surface area contributed by atoms with E-state index in [1.54, 1.807) is 24.3 Å². The van der Waals surface area contributed by atoms with Gasteiger partial charge in [-0.15, -0.1) is 0 Å². The highest BCUT2D eigenvalue weighted by Crippen LogP contribution is 2.27. The van der Waals surface area contributed by atoms with Crippen LogP contribution in [-0.2, 0) is 4.79 Å². The first-order valence-corrected chi connectivity index (χ1v) is 10.5. The first kappa shape index (κ1) is 24.7. The molecule has 11 heteroatoms. The zero-order valence-electron chi connectivity index (χ0n) is 17.6. The van der Waals surface area contributed by atoms with Gasteiger partial charge in [-0.25, -0.2) is 10.2 Å². The van der Waals surface area contributed by atoms with Crippen LogP contribution in [0.4, 0.5) is 5.69 Å².